The molecule has 0 spiro atoms. The molecule has 5 heteroatoms. The molecule has 0 aliphatic carbocycles. The molecular weight excluding hydrogens is 230 g/mol. The molecule has 5 nitrogen and oxygen atoms in total. The van der Waals surface area contributed by atoms with Crippen molar-refractivity contribution in [1.29, 1.82) is 0 Å². The molecule has 1 atom stereocenters. The quantitative estimate of drug-likeness (QED) is 0.788. The third-order valence-corrected chi connectivity index (χ3v) is 3.97. The minimum Gasteiger partial charge on any atom is -0.337 e. The Labute approximate surface area is 108 Å². The molecule has 0 radical (unpaired) electrons. The van der Waals surface area contributed by atoms with Crippen LogP contribution in [0, 0.1) is 0 Å². The summed E-state index contributed by atoms with van der Waals surface area (Å²) in [7, 11) is 0. The van der Waals surface area contributed by atoms with Gasteiger partial charge in [-0.1, -0.05) is 0 Å². The lowest BCUT2D eigenvalue weighted by Gasteiger charge is -2.37. The van der Waals surface area contributed by atoms with Crippen molar-refractivity contribution < 1.29 is 9.59 Å². The zero-order chi connectivity index (χ0) is 13.0. The molecule has 2 aliphatic heterocycles. The Morgan fingerprint density at radius 2 is 2.00 bits per heavy atom. The third kappa shape index (κ3) is 3.02. The van der Waals surface area contributed by atoms with Gasteiger partial charge < -0.3 is 15.5 Å². The topological polar surface area (TPSA) is 66.6 Å². The van der Waals surface area contributed by atoms with Crippen LogP contribution in [0.15, 0.2) is 0 Å². The van der Waals surface area contributed by atoms with Crippen LogP contribution in [-0.4, -0.2) is 53.8 Å². The van der Waals surface area contributed by atoms with Gasteiger partial charge in [-0.3, -0.25) is 9.59 Å². The number of hydrogen-bond donors (Lipinski definition) is 1. The van der Waals surface area contributed by atoms with E-state index < -0.39 is 0 Å². The molecule has 2 aliphatic rings. The number of piperidine rings is 2. The van der Waals surface area contributed by atoms with Gasteiger partial charge in [-0.25, -0.2) is 0 Å². The van der Waals surface area contributed by atoms with Crippen molar-refractivity contribution in [2.75, 3.05) is 26.2 Å². The highest BCUT2D eigenvalue weighted by Gasteiger charge is 2.28. The van der Waals surface area contributed by atoms with Gasteiger partial charge in [0.25, 0.3) is 0 Å². The average Bonchev–Trinajstić information content (AvgIpc) is 2.41. The van der Waals surface area contributed by atoms with Crippen LogP contribution in [0.1, 0.15) is 38.5 Å². The lowest BCUT2D eigenvalue weighted by atomic mass is 10.0. The van der Waals surface area contributed by atoms with Crippen molar-refractivity contribution in [3.05, 3.63) is 0 Å². The molecule has 2 saturated heterocycles. The molecule has 18 heavy (non-hydrogen) atoms. The van der Waals surface area contributed by atoms with Crippen LogP contribution in [0.5, 0.6) is 0 Å². The predicted molar refractivity (Wildman–Crippen MR) is 68.8 cm³/mol. The first-order valence-corrected chi connectivity index (χ1v) is 6.99. The Morgan fingerprint density at radius 3 is 2.72 bits per heavy atom. The summed E-state index contributed by atoms with van der Waals surface area (Å²) in [5.74, 6) is 0.191. The summed E-state index contributed by atoms with van der Waals surface area (Å²) in [6.07, 6.45) is 5.76. The van der Waals surface area contributed by atoms with Gasteiger partial charge in [0.1, 0.15) is 0 Å². The molecule has 0 aromatic rings. The Kier molecular flexibility index (Phi) is 4.58. The molecule has 2 amide bonds. The first-order chi connectivity index (χ1) is 8.72. The van der Waals surface area contributed by atoms with Crippen LogP contribution in [0.2, 0.25) is 0 Å². The fourth-order valence-corrected chi connectivity index (χ4v) is 2.86. The molecule has 0 aromatic heterocycles. The van der Waals surface area contributed by atoms with Crippen LogP contribution in [-0.2, 0) is 9.59 Å². The van der Waals surface area contributed by atoms with Gasteiger partial charge in [0.2, 0.25) is 11.8 Å². The Morgan fingerprint density at radius 1 is 1.22 bits per heavy atom. The second kappa shape index (κ2) is 6.18. The highest BCUT2D eigenvalue weighted by atomic mass is 16.2. The second-order valence-corrected chi connectivity index (χ2v) is 5.24. The maximum atomic E-state index is 12.3. The standard InChI is InChI=1S/C13H23N3O2/c14-9-11-5-1-4-8-16(11)13(18)10-15-7-3-2-6-12(15)17/h11H,1-10,14H2. The number of hydrogen-bond acceptors (Lipinski definition) is 3. The lowest BCUT2D eigenvalue weighted by molar-refractivity contribution is -0.143. The van der Waals surface area contributed by atoms with Crippen LogP contribution in [0.25, 0.3) is 0 Å². The van der Waals surface area contributed by atoms with Crippen LogP contribution in [0.4, 0.5) is 0 Å². The maximum Gasteiger partial charge on any atom is 0.242 e. The number of nitrogens with zero attached hydrogens (tertiary/aromatic N) is 2. The van der Waals surface area contributed by atoms with E-state index in [0.29, 0.717) is 13.0 Å². The number of likely N-dealkylation sites (tertiary alicyclic amines) is 2. The minimum atomic E-state index is 0.0698. The molecule has 102 valence electrons. The number of carbonyl (C=O) groups is 2. The zero-order valence-electron chi connectivity index (χ0n) is 10.9. The predicted octanol–water partition coefficient (Wildman–Crippen LogP) is 0.339. The smallest absolute Gasteiger partial charge is 0.242 e. The van der Waals surface area contributed by atoms with E-state index in [1.165, 1.54) is 0 Å². The first-order valence-electron chi connectivity index (χ1n) is 6.99. The van der Waals surface area contributed by atoms with Gasteiger partial charge in [0.05, 0.1) is 6.54 Å². The summed E-state index contributed by atoms with van der Waals surface area (Å²) < 4.78 is 0. The van der Waals surface area contributed by atoms with Crippen molar-refractivity contribution in [2.45, 2.75) is 44.6 Å². The number of carbonyl (C=O) groups excluding carboxylic acids is 2. The van der Waals surface area contributed by atoms with Gasteiger partial charge in [0.15, 0.2) is 0 Å². The molecular formula is C13H23N3O2. The van der Waals surface area contributed by atoms with Gasteiger partial charge in [-0.15, -0.1) is 0 Å². The van der Waals surface area contributed by atoms with Crippen molar-refractivity contribution >= 4 is 11.8 Å². The van der Waals surface area contributed by atoms with E-state index in [-0.39, 0.29) is 24.4 Å². The highest BCUT2D eigenvalue weighted by molar-refractivity contribution is 5.85. The summed E-state index contributed by atoms with van der Waals surface area (Å²) in [5.41, 5.74) is 5.72. The fourth-order valence-electron chi connectivity index (χ4n) is 2.86. The summed E-state index contributed by atoms with van der Waals surface area (Å²) >= 11 is 0. The molecule has 2 N–H and O–H groups in total. The van der Waals surface area contributed by atoms with Crippen molar-refractivity contribution in [3.63, 3.8) is 0 Å². The van der Waals surface area contributed by atoms with Crippen molar-refractivity contribution in [2.24, 2.45) is 5.73 Å². The second-order valence-electron chi connectivity index (χ2n) is 5.24. The highest BCUT2D eigenvalue weighted by Crippen LogP contribution is 2.17. The van der Waals surface area contributed by atoms with E-state index in [0.717, 1.165) is 45.2 Å². The zero-order valence-corrected chi connectivity index (χ0v) is 10.9. The molecule has 0 bridgehead atoms. The number of nitrogens with two attached hydrogens (primary N) is 1. The summed E-state index contributed by atoms with van der Waals surface area (Å²) in [4.78, 5) is 27.5. The summed E-state index contributed by atoms with van der Waals surface area (Å²) in [6, 6.07) is 0.172. The molecule has 0 saturated carbocycles. The third-order valence-electron chi connectivity index (χ3n) is 3.97. The number of amides is 2. The average molecular weight is 253 g/mol. The van der Waals surface area contributed by atoms with Crippen molar-refractivity contribution in [3.8, 4) is 0 Å². The normalized spacial score (nSPS) is 25.4. The molecule has 2 rings (SSSR count). The van der Waals surface area contributed by atoms with E-state index >= 15 is 0 Å². The van der Waals surface area contributed by atoms with E-state index in [9.17, 15) is 9.59 Å². The Balaban J connectivity index is 1.91. The fraction of sp³-hybridized carbons (Fsp3) is 0.846. The monoisotopic (exact) mass is 253 g/mol. The van der Waals surface area contributed by atoms with E-state index in [4.69, 9.17) is 5.73 Å². The molecule has 2 heterocycles. The molecule has 2 fully saturated rings. The van der Waals surface area contributed by atoms with Crippen LogP contribution in [0.3, 0.4) is 0 Å². The SMILES string of the molecule is NCC1CCCCN1C(=O)CN1CCCCC1=O. The molecule has 1 unspecified atom stereocenters. The minimum absolute atomic E-state index is 0.0698. The van der Waals surface area contributed by atoms with Gasteiger partial charge >= 0.3 is 0 Å². The van der Waals surface area contributed by atoms with Crippen molar-refractivity contribution in [1.82, 2.24) is 9.80 Å². The Bertz CT molecular complexity index is 319. The van der Waals surface area contributed by atoms with E-state index in [1.54, 1.807) is 4.90 Å². The van der Waals surface area contributed by atoms with Gasteiger partial charge in [-0.05, 0) is 32.1 Å². The van der Waals surface area contributed by atoms with E-state index in [2.05, 4.69) is 0 Å². The van der Waals surface area contributed by atoms with Crippen LogP contribution >= 0.6 is 0 Å². The molecule has 0 aromatic carbocycles. The summed E-state index contributed by atoms with van der Waals surface area (Å²) in [6.45, 7) is 2.30. The maximum absolute atomic E-state index is 12.3. The van der Waals surface area contributed by atoms with E-state index in [1.807, 2.05) is 4.90 Å². The number of rotatable bonds is 3. The van der Waals surface area contributed by atoms with Crippen LogP contribution < -0.4 is 5.73 Å². The first kappa shape index (κ1) is 13.3. The largest absolute Gasteiger partial charge is 0.337 e. The van der Waals surface area contributed by atoms with Gasteiger partial charge in [-0.2, -0.15) is 0 Å². The summed E-state index contributed by atoms with van der Waals surface area (Å²) in [5, 5.41) is 0. The van der Waals surface area contributed by atoms with Gasteiger partial charge in [0, 0.05) is 32.1 Å². The lowest BCUT2D eigenvalue weighted by Crippen LogP contribution is -2.52. The Hall–Kier alpha value is -1.10.